The van der Waals surface area contributed by atoms with Crippen molar-refractivity contribution in [2.45, 2.75) is 11.8 Å². The highest BCUT2D eigenvalue weighted by atomic mass is 32.2. The van der Waals surface area contributed by atoms with Crippen LogP contribution in [0.1, 0.15) is 17.3 Å². The summed E-state index contributed by atoms with van der Waals surface area (Å²) in [5.41, 5.74) is 5.94. The largest absolute Gasteiger partial charge is 0.462 e. The molecular formula is C13H14N4O4S. The van der Waals surface area contributed by atoms with E-state index in [1.54, 1.807) is 6.92 Å². The van der Waals surface area contributed by atoms with Crippen LogP contribution in [-0.2, 0) is 14.8 Å². The van der Waals surface area contributed by atoms with Crippen molar-refractivity contribution in [1.82, 2.24) is 9.97 Å². The molecule has 0 fully saturated rings. The Morgan fingerprint density at radius 1 is 1.23 bits per heavy atom. The minimum atomic E-state index is -3.82. The van der Waals surface area contributed by atoms with Gasteiger partial charge in [-0.2, -0.15) is 0 Å². The van der Waals surface area contributed by atoms with Crippen molar-refractivity contribution in [1.29, 1.82) is 0 Å². The molecule has 8 nitrogen and oxygen atoms in total. The normalized spacial score (nSPS) is 11.0. The third kappa shape index (κ3) is 3.70. The van der Waals surface area contributed by atoms with Gasteiger partial charge in [-0.05, 0) is 31.2 Å². The fraction of sp³-hybridized carbons (Fsp3) is 0.154. The molecule has 9 heteroatoms. The van der Waals surface area contributed by atoms with Gasteiger partial charge in [0.15, 0.2) is 0 Å². The average Bonchev–Trinajstić information content (AvgIpc) is 2.48. The van der Waals surface area contributed by atoms with Gasteiger partial charge in [-0.15, -0.1) is 0 Å². The van der Waals surface area contributed by atoms with E-state index in [-0.39, 0.29) is 17.5 Å². The second-order valence-electron chi connectivity index (χ2n) is 4.18. The molecule has 1 aromatic carbocycles. The van der Waals surface area contributed by atoms with Crippen molar-refractivity contribution in [3.63, 3.8) is 0 Å². The molecule has 2 rings (SSSR count). The number of nitrogens with two attached hydrogens (primary N) is 1. The van der Waals surface area contributed by atoms with Gasteiger partial charge in [-0.3, -0.25) is 4.72 Å². The molecule has 0 aliphatic carbocycles. The zero-order chi connectivity index (χ0) is 16.2. The summed E-state index contributed by atoms with van der Waals surface area (Å²) in [5.74, 6) is -0.485. The predicted molar refractivity (Wildman–Crippen MR) is 79.7 cm³/mol. The van der Waals surface area contributed by atoms with Crippen LogP contribution in [0, 0.1) is 0 Å². The lowest BCUT2D eigenvalue weighted by Crippen LogP contribution is -2.14. The summed E-state index contributed by atoms with van der Waals surface area (Å²) in [6.45, 7) is 1.97. The second-order valence-corrected chi connectivity index (χ2v) is 5.86. The number of ether oxygens (including phenoxy) is 1. The Kier molecular flexibility index (Phi) is 4.56. The molecule has 0 radical (unpaired) electrons. The maximum Gasteiger partial charge on any atom is 0.338 e. The highest BCUT2D eigenvalue weighted by Crippen LogP contribution is 2.16. The van der Waals surface area contributed by atoms with Gasteiger partial charge in [-0.1, -0.05) is 0 Å². The van der Waals surface area contributed by atoms with Crippen LogP contribution in [0.3, 0.4) is 0 Å². The lowest BCUT2D eigenvalue weighted by Gasteiger charge is -2.08. The van der Waals surface area contributed by atoms with Crippen molar-refractivity contribution >= 4 is 27.6 Å². The number of aromatic nitrogens is 2. The summed E-state index contributed by atoms with van der Waals surface area (Å²) < 4.78 is 31.4. The zero-order valence-corrected chi connectivity index (χ0v) is 12.5. The third-order valence-electron chi connectivity index (χ3n) is 2.61. The number of rotatable bonds is 5. The van der Waals surface area contributed by atoms with Gasteiger partial charge >= 0.3 is 5.97 Å². The monoisotopic (exact) mass is 322 g/mol. The predicted octanol–water partition coefficient (Wildman–Crippen LogP) is 1.04. The summed E-state index contributed by atoms with van der Waals surface area (Å²) in [7, 11) is -3.82. The van der Waals surface area contributed by atoms with Crippen LogP contribution in [-0.4, -0.2) is 31.0 Å². The molecule has 0 unspecified atom stereocenters. The number of esters is 1. The van der Waals surface area contributed by atoms with E-state index in [1.165, 1.54) is 24.3 Å². The van der Waals surface area contributed by atoms with E-state index in [4.69, 9.17) is 10.5 Å². The Hall–Kier alpha value is -2.68. The summed E-state index contributed by atoms with van der Waals surface area (Å²) >= 11 is 0. The molecule has 0 saturated carbocycles. The van der Waals surface area contributed by atoms with Gasteiger partial charge in [0, 0.05) is 5.69 Å². The second kappa shape index (κ2) is 6.39. The van der Waals surface area contributed by atoms with E-state index in [0.717, 1.165) is 12.4 Å². The Bertz CT molecular complexity index is 758. The molecule has 0 spiro atoms. The smallest absolute Gasteiger partial charge is 0.338 e. The average molecular weight is 322 g/mol. The summed E-state index contributed by atoms with van der Waals surface area (Å²) in [5, 5.41) is 0. The van der Waals surface area contributed by atoms with E-state index in [2.05, 4.69) is 14.7 Å². The fourth-order valence-corrected chi connectivity index (χ4v) is 2.51. The molecule has 22 heavy (non-hydrogen) atoms. The van der Waals surface area contributed by atoms with Gasteiger partial charge in [0.1, 0.15) is 4.90 Å². The molecule has 0 aliphatic heterocycles. The van der Waals surface area contributed by atoms with Crippen LogP contribution in [0.25, 0.3) is 0 Å². The molecule has 3 N–H and O–H groups in total. The first-order valence-electron chi connectivity index (χ1n) is 6.30. The maximum atomic E-state index is 12.1. The van der Waals surface area contributed by atoms with Gasteiger partial charge < -0.3 is 10.5 Å². The van der Waals surface area contributed by atoms with Crippen molar-refractivity contribution < 1.29 is 17.9 Å². The number of carbonyl (C=O) groups is 1. The number of hydrogen-bond acceptors (Lipinski definition) is 7. The van der Waals surface area contributed by atoms with Gasteiger partial charge in [0.2, 0.25) is 5.95 Å². The van der Waals surface area contributed by atoms with E-state index >= 15 is 0 Å². The Morgan fingerprint density at radius 3 is 2.36 bits per heavy atom. The molecule has 1 aromatic heterocycles. The van der Waals surface area contributed by atoms with Crippen LogP contribution in [0.4, 0.5) is 11.6 Å². The number of anilines is 2. The minimum Gasteiger partial charge on any atom is -0.462 e. The Morgan fingerprint density at radius 2 is 1.82 bits per heavy atom. The molecule has 116 valence electrons. The molecule has 1 heterocycles. The first-order valence-corrected chi connectivity index (χ1v) is 7.78. The summed E-state index contributed by atoms with van der Waals surface area (Å²) in [6, 6.07) is 5.86. The summed E-state index contributed by atoms with van der Waals surface area (Å²) in [6.07, 6.45) is 2.22. The van der Waals surface area contributed by atoms with Crippen molar-refractivity contribution in [3.8, 4) is 0 Å². The number of hydrogen-bond donors (Lipinski definition) is 2. The molecule has 0 saturated heterocycles. The Labute approximate surface area is 127 Å². The lowest BCUT2D eigenvalue weighted by atomic mass is 10.2. The van der Waals surface area contributed by atoms with E-state index < -0.39 is 16.0 Å². The third-order valence-corrected chi connectivity index (χ3v) is 3.94. The van der Waals surface area contributed by atoms with E-state index in [1.807, 2.05) is 0 Å². The molecule has 2 aromatic rings. The number of carbonyl (C=O) groups excluding carboxylic acids is 1. The van der Waals surface area contributed by atoms with Gasteiger partial charge in [-0.25, -0.2) is 23.2 Å². The molecule has 0 atom stereocenters. The van der Waals surface area contributed by atoms with Gasteiger partial charge in [0.05, 0.1) is 24.6 Å². The molecule has 0 aliphatic rings. The van der Waals surface area contributed by atoms with Gasteiger partial charge in [0.25, 0.3) is 10.0 Å². The number of nitrogen functional groups attached to an aromatic ring is 1. The number of nitrogens with one attached hydrogen (secondary N) is 1. The first-order chi connectivity index (χ1) is 10.4. The van der Waals surface area contributed by atoms with Crippen LogP contribution in [0.2, 0.25) is 0 Å². The number of benzene rings is 1. The topological polar surface area (TPSA) is 124 Å². The number of nitrogens with zero attached hydrogens (tertiary/aromatic N) is 2. The SMILES string of the molecule is CCOC(=O)c1ccc(NS(=O)(=O)c2cnc(N)nc2)cc1. The van der Waals surface area contributed by atoms with Crippen molar-refractivity contribution in [3.05, 3.63) is 42.2 Å². The first kappa shape index (κ1) is 15.7. The van der Waals surface area contributed by atoms with Crippen LogP contribution in [0.15, 0.2) is 41.6 Å². The highest BCUT2D eigenvalue weighted by Gasteiger charge is 2.15. The highest BCUT2D eigenvalue weighted by molar-refractivity contribution is 7.92. The molecular weight excluding hydrogens is 308 g/mol. The van der Waals surface area contributed by atoms with E-state index in [9.17, 15) is 13.2 Å². The molecule has 0 bridgehead atoms. The minimum absolute atomic E-state index is 0.0160. The van der Waals surface area contributed by atoms with Crippen molar-refractivity contribution in [2.75, 3.05) is 17.1 Å². The van der Waals surface area contributed by atoms with Crippen LogP contribution in [0.5, 0.6) is 0 Å². The maximum absolute atomic E-state index is 12.1. The van der Waals surface area contributed by atoms with Crippen LogP contribution >= 0.6 is 0 Å². The fourth-order valence-electron chi connectivity index (χ4n) is 1.57. The summed E-state index contributed by atoms with van der Waals surface area (Å²) in [4.78, 5) is 18.7. The van der Waals surface area contributed by atoms with Crippen LogP contribution < -0.4 is 10.5 Å². The Balaban J connectivity index is 2.16. The quantitative estimate of drug-likeness (QED) is 0.788. The molecule has 0 amide bonds. The number of sulfonamides is 1. The lowest BCUT2D eigenvalue weighted by molar-refractivity contribution is 0.0526. The van der Waals surface area contributed by atoms with Crippen molar-refractivity contribution in [2.24, 2.45) is 0 Å². The van der Waals surface area contributed by atoms with E-state index in [0.29, 0.717) is 11.3 Å². The standard InChI is InChI=1S/C13H14N4O4S/c1-2-21-12(18)9-3-5-10(6-4-9)17-22(19,20)11-7-15-13(14)16-8-11/h3-8,17H,2H2,1H3,(H2,14,15,16). The zero-order valence-electron chi connectivity index (χ0n) is 11.7.